The summed E-state index contributed by atoms with van der Waals surface area (Å²) in [6.07, 6.45) is 12.4. The highest BCUT2D eigenvalue weighted by Crippen LogP contribution is 2.50. The van der Waals surface area contributed by atoms with E-state index in [4.69, 9.17) is 4.74 Å². The summed E-state index contributed by atoms with van der Waals surface area (Å²) in [7, 11) is 0. The largest absolute Gasteiger partial charge is 0.376 e. The molecule has 0 aromatic heterocycles. The summed E-state index contributed by atoms with van der Waals surface area (Å²) >= 11 is 0. The fraction of sp³-hybridized carbons (Fsp3) is 0.724. The fourth-order valence-corrected chi connectivity index (χ4v) is 8.07. The van der Waals surface area contributed by atoms with Crippen molar-refractivity contribution in [1.29, 1.82) is 0 Å². The molecule has 35 heavy (non-hydrogen) atoms. The summed E-state index contributed by atoms with van der Waals surface area (Å²) in [5.74, 6) is 0.451. The third-order valence-electron chi connectivity index (χ3n) is 9.73. The Kier molecular flexibility index (Phi) is 6.61. The molecule has 1 saturated carbocycles. The summed E-state index contributed by atoms with van der Waals surface area (Å²) in [6.45, 7) is 4.58. The molecule has 5 aliphatic rings. The van der Waals surface area contributed by atoms with Crippen molar-refractivity contribution in [3.63, 3.8) is 0 Å². The fourth-order valence-electron chi connectivity index (χ4n) is 8.07. The van der Waals surface area contributed by atoms with Crippen molar-refractivity contribution in [3.05, 3.63) is 35.4 Å². The van der Waals surface area contributed by atoms with Gasteiger partial charge in [0.2, 0.25) is 5.91 Å². The van der Waals surface area contributed by atoms with Crippen LogP contribution in [0.25, 0.3) is 0 Å². The minimum absolute atomic E-state index is 0.0879. The lowest BCUT2D eigenvalue weighted by atomic mass is 9.70. The molecule has 4 fully saturated rings. The van der Waals surface area contributed by atoms with Crippen LogP contribution in [0.5, 0.6) is 0 Å². The molecule has 0 radical (unpaired) electrons. The Balaban J connectivity index is 1.28. The van der Waals surface area contributed by atoms with E-state index in [1.54, 1.807) is 0 Å². The van der Waals surface area contributed by atoms with Gasteiger partial charge in [-0.3, -0.25) is 9.59 Å². The Labute approximate surface area is 209 Å². The van der Waals surface area contributed by atoms with E-state index in [1.165, 1.54) is 45.2 Å². The van der Waals surface area contributed by atoms with Crippen molar-refractivity contribution < 1.29 is 14.3 Å². The molecule has 4 heterocycles. The van der Waals surface area contributed by atoms with Crippen LogP contribution in [0.4, 0.5) is 0 Å². The number of ether oxygens (including phenoxy) is 1. The summed E-state index contributed by atoms with van der Waals surface area (Å²) in [5.41, 5.74) is 1.22. The van der Waals surface area contributed by atoms with E-state index in [2.05, 4.69) is 15.1 Å². The molecular formula is C29H41N3O3. The highest BCUT2D eigenvalue weighted by molar-refractivity contribution is 6.02. The van der Waals surface area contributed by atoms with Crippen LogP contribution in [0.15, 0.2) is 24.3 Å². The van der Waals surface area contributed by atoms with Crippen molar-refractivity contribution in [2.45, 2.75) is 94.2 Å². The van der Waals surface area contributed by atoms with Crippen LogP contribution in [0.1, 0.15) is 92.5 Å². The maximum Gasteiger partial charge on any atom is 0.254 e. The van der Waals surface area contributed by atoms with E-state index in [1.807, 2.05) is 24.3 Å². The Morgan fingerprint density at radius 3 is 2.66 bits per heavy atom. The van der Waals surface area contributed by atoms with Gasteiger partial charge in [-0.1, -0.05) is 37.5 Å². The number of nitrogens with zero attached hydrogens (tertiary/aromatic N) is 2. The summed E-state index contributed by atoms with van der Waals surface area (Å²) in [4.78, 5) is 32.7. The van der Waals surface area contributed by atoms with E-state index in [0.29, 0.717) is 24.1 Å². The molecule has 6 nitrogen and oxygen atoms in total. The van der Waals surface area contributed by atoms with Gasteiger partial charge in [0.1, 0.15) is 0 Å². The number of hydrogen-bond donors (Lipinski definition) is 1. The van der Waals surface area contributed by atoms with Crippen LogP contribution in [-0.4, -0.2) is 72.1 Å². The van der Waals surface area contributed by atoms with Crippen molar-refractivity contribution in [2.75, 3.05) is 32.8 Å². The predicted octanol–water partition coefficient (Wildman–Crippen LogP) is 4.10. The number of benzene rings is 1. The number of carbonyl (C=O) groups is 2. The number of rotatable bonds is 5. The molecule has 0 bridgehead atoms. The first kappa shape index (κ1) is 23.5. The molecule has 0 unspecified atom stereocenters. The molecule has 190 valence electrons. The van der Waals surface area contributed by atoms with Gasteiger partial charge in [0.25, 0.3) is 5.91 Å². The van der Waals surface area contributed by atoms with Gasteiger partial charge in [-0.2, -0.15) is 0 Å². The Morgan fingerprint density at radius 1 is 1.00 bits per heavy atom. The standard InChI is InChI=1S/C29H41N3O3/c33-27(30-19-21-9-7-17-31-16-6-3-13-25(21)31)26-23-11-1-2-12-24(23)28(34)32(20-22-10-8-18-35-22)29(26)14-4-5-15-29/h1-2,11-12,21-22,25-26H,3-10,13-20H2,(H,30,33)/t21-,22+,25+,26+/m0/s1. The molecule has 1 spiro atoms. The molecule has 6 rings (SSSR count). The zero-order chi connectivity index (χ0) is 23.8. The predicted molar refractivity (Wildman–Crippen MR) is 135 cm³/mol. The first-order chi connectivity index (χ1) is 17.2. The van der Waals surface area contributed by atoms with E-state index in [-0.39, 0.29) is 23.8 Å². The van der Waals surface area contributed by atoms with E-state index < -0.39 is 5.54 Å². The van der Waals surface area contributed by atoms with Crippen molar-refractivity contribution in [2.24, 2.45) is 5.92 Å². The Hall–Kier alpha value is -1.92. The van der Waals surface area contributed by atoms with Gasteiger partial charge in [-0.25, -0.2) is 0 Å². The second kappa shape index (κ2) is 9.85. The van der Waals surface area contributed by atoms with Gasteiger partial charge in [-0.15, -0.1) is 0 Å². The lowest BCUT2D eigenvalue weighted by molar-refractivity contribution is -0.127. The first-order valence-electron chi connectivity index (χ1n) is 14.2. The average Bonchev–Trinajstić information content (AvgIpc) is 3.58. The third-order valence-corrected chi connectivity index (χ3v) is 9.73. The van der Waals surface area contributed by atoms with Gasteiger partial charge < -0.3 is 19.9 Å². The molecule has 4 atom stereocenters. The van der Waals surface area contributed by atoms with Crippen LogP contribution in [-0.2, 0) is 9.53 Å². The Morgan fingerprint density at radius 2 is 1.83 bits per heavy atom. The molecule has 3 saturated heterocycles. The minimum atomic E-state index is -0.426. The van der Waals surface area contributed by atoms with Crippen LogP contribution in [0, 0.1) is 5.92 Å². The number of nitrogens with one attached hydrogen (secondary N) is 1. The maximum absolute atomic E-state index is 14.1. The number of hydrogen-bond acceptors (Lipinski definition) is 4. The molecule has 1 aliphatic carbocycles. The van der Waals surface area contributed by atoms with Crippen LogP contribution >= 0.6 is 0 Å². The van der Waals surface area contributed by atoms with Gasteiger partial charge in [0.05, 0.1) is 17.6 Å². The lowest BCUT2D eigenvalue weighted by Gasteiger charge is -2.51. The van der Waals surface area contributed by atoms with Gasteiger partial charge in [0.15, 0.2) is 0 Å². The lowest BCUT2D eigenvalue weighted by Crippen LogP contribution is -2.62. The molecule has 2 amide bonds. The monoisotopic (exact) mass is 479 g/mol. The van der Waals surface area contributed by atoms with E-state index in [0.717, 1.165) is 57.2 Å². The highest BCUT2D eigenvalue weighted by atomic mass is 16.5. The normalized spacial score (nSPS) is 32.5. The highest BCUT2D eigenvalue weighted by Gasteiger charge is 2.56. The maximum atomic E-state index is 14.1. The van der Waals surface area contributed by atoms with Crippen LogP contribution in [0.2, 0.25) is 0 Å². The smallest absolute Gasteiger partial charge is 0.254 e. The van der Waals surface area contributed by atoms with Crippen molar-refractivity contribution >= 4 is 11.8 Å². The van der Waals surface area contributed by atoms with Gasteiger partial charge >= 0.3 is 0 Å². The summed E-state index contributed by atoms with van der Waals surface area (Å²) in [6, 6.07) is 8.50. The third kappa shape index (κ3) is 4.21. The second-order valence-electron chi connectivity index (χ2n) is 11.6. The van der Waals surface area contributed by atoms with Crippen LogP contribution < -0.4 is 5.32 Å². The molecular weight excluding hydrogens is 438 g/mol. The number of piperidine rings is 2. The van der Waals surface area contributed by atoms with Crippen molar-refractivity contribution in [1.82, 2.24) is 15.1 Å². The first-order valence-corrected chi connectivity index (χ1v) is 14.2. The van der Waals surface area contributed by atoms with Crippen LogP contribution in [0.3, 0.4) is 0 Å². The number of carbonyl (C=O) groups excluding carboxylic acids is 2. The minimum Gasteiger partial charge on any atom is -0.376 e. The second-order valence-corrected chi connectivity index (χ2v) is 11.6. The van der Waals surface area contributed by atoms with Gasteiger partial charge in [0, 0.05) is 31.3 Å². The quantitative estimate of drug-likeness (QED) is 0.691. The topological polar surface area (TPSA) is 61.9 Å². The van der Waals surface area contributed by atoms with Gasteiger partial charge in [-0.05, 0) is 82.0 Å². The Bertz CT molecular complexity index is 935. The summed E-state index contributed by atoms with van der Waals surface area (Å²) in [5, 5.41) is 3.44. The SMILES string of the molecule is O=C(NC[C@@H]1CCCN2CCCC[C@H]12)[C@H]1c2ccccc2C(=O)N(C[C@H]2CCCO2)C12CCCC2. The summed E-state index contributed by atoms with van der Waals surface area (Å²) < 4.78 is 5.97. The molecule has 1 aromatic carbocycles. The zero-order valence-corrected chi connectivity index (χ0v) is 21.1. The van der Waals surface area contributed by atoms with Crippen molar-refractivity contribution in [3.8, 4) is 0 Å². The zero-order valence-electron chi connectivity index (χ0n) is 21.1. The molecule has 1 aromatic rings. The number of fused-ring (bicyclic) bond motifs is 2. The van der Waals surface area contributed by atoms with E-state index >= 15 is 0 Å². The molecule has 1 N–H and O–H groups in total. The average molecular weight is 480 g/mol. The molecule has 6 heteroatoms. The van der Waals surface area contributed by atoms with E-state index in [9.17, 15) is 9.59 Å². The number of amides is 2. The molecule has 4 aliphatic heterocycles.